The molecule has 0 aliphatic rings. The first kappa shape index (κ1) is 21.4. The number of hydrogen-bond donors (Lipinski definition) is 0. The number of rotatable bonds is 8. The summed E-state index contributed by atoms with van der Waals surface area (Å²) in [5.41, 5.74) is 1.06. The SMILES string of the molecule is COC(=O)CC(CO[Si](C)(C)C(C)(C)C)Cn1ccnc1-c1ccccc1. The molecule has 0 bridgehead atoms. The maximum atomic E-state index is 11.9. The summed E-state index contributed by atoms with van der Waals surface area (Å²) < 4.78 is 13.4. The van der Waals surface area contributed by atoms with E-state index in [2.05, 4.69) is 43.4 Å². The van der Waals surface area contributed by atoms with Crippen LogP contribution in [-0.2, 0) is 20.5 Å². The van der Waals surface area contributed by atoms with Crippen molar-refractivity contribution in [1.82, 2.24) is 9.55 Å². The molecule has 6 heteroatoms. The van der Waals surface area contributed by atoms with Crippen LogP contribution in [0.25, 0.3) is 11.4 Å². The third-order valence-electron chi connectivity index (χ3n) is 5.37. The number of carbonyl (C=O) groups is 1. The van der Waals surface area contributed by atoms with Gasteiger partial charge >= 0.3 is 5.97 Å². The first-order valence-corrected chi connectivity index (χ1v) is 12.3. The van der Waals surface area contributed by atoms with E-state index in [0.29, 0.717) is 19.6 Å². The van der Waals surface area contributed by atoms with Gasteiger partial charge in [-0.2, -0.15) is 0 Å². The van der Waals surface area contributed by atoms with Crippen molar-refractivity contribution in [2.45, 2.75) is 51.9 Å². The highest BCUT2D eigenvalue weighted by atomic mass is 28.4. The Morgan fingerprint density at radius 2 is 1.89 bits per heavy atom. The van der Waals surface area contributed by atoms with E-state index in [9.17, 15) is 4.79 Å². The molecular formula is C21H32N2O3Si. The second-order valence-corrected chi connectivity index (χ2v) is 13.3. The number of ether oxygens (including phenoxy) is 1. The Morgan fingerprint density at radius 1 is 1.22 bits per heavy atom. The molecule has 148 valence electrons. The summed E-state index contributed by atoms with van der Waals surface area (Å²) in [5, 5.41) is 0.132. The first-order chi connectivity index (χ1) is 12.6. The number of esters is 1. The molecule has 0 radical (unpaired) electrons. The molecule has 27 heavy (non-hydrogen) atoms. The Labute approximate surface area is 163 Å². The Kier molecular flexibility index (Phi) is 7.00. The average Bonchev–Trinajstić information content (AvgIpc) is 3.07. The summed E-state index contributed by atoms with van der Waals surface area (Å²) in [5.74, 6) is 0.723. The highest BCUT2D eigenvalue weighted by Crippen LogP contribution is 2.37. The van der Waals surface area contributed by atoms with Crippen molar-refractivity contribution >= 4 is 14.3 Å². The van der Waals surface area contributed by atoms with Gasteiger partial charge in [0.25, 0.3) is 0 Å². The summed E-state index contributed by atoms with van der Waals surface area (Å²) in [6, 6.07) is 10.1. The van der Waals surface area contributed by atoms with Crippen LogP contribution < -0.4 is 0 Å². The monoisotopic (exact) mass is 388 g/mol. The largest absolute Gasteiger partial charge is 0.469 e. The zero-order valence-corrected chi connectivity index (χ0v) is 18.4. The molecule has 0 aliphatic heterocycles. The highest BCUT2D eigenvalue weighted by molar-refractivity contribution is 6.74. The van der Waals surface area contributed by atoms with Gasteiger partial charge in [-0.05, 0) is 18.1 Å². The van der Waals surface area contributed by atoms with Gasteiger partial charge < -0.3 is 13.7 Å². The topological polar surface area (TPSA) is 53.4 Å². The molecule has 0 aliphatic carbocycles. The first-order valence-electron chi connectivity index (χ1n) is 9.41. The molecule has 1 atom stereocenters. The highest BCUT2D eigenvalue weighted by Gasteiger charge is 2.37. The van der Waals surface area contributed by atoms with Gasteiger partial charge in [-0.15, -0.1) is 0 Å². The van der Waals surface area contributed by atoms with Crippen molar-refractivity contribution in [3.8, 4) is 11.4 Å². The third kappa shape index (κ3) is 5.78. The fraction of sp³-hybridized carbons (Fsp3) is 0.524. The van der Waals surface area contributed by atoms with Crippen LogP contribution >= 0.6 is 0 Å². The minimum absolute atomic E-state index is 0.0308. The minimum atomic E-state index is -1.88. The Bertz CT molecular complexity index is 735. The molecule has 1 aromatic carbocycles. The molecule has 1 aromatic heterocycles. The van der Waals surface area contributed by atoms with Gasteiger partial charge in [-0.25, -0.2) is 4.98 Å². The van der Waals surface area contributed by atoms with Gasteiger partial charge in [0, 0.05) is 37.0 Å². The van der Waals surface area contributed by atoms with Crippen LogP contribution in [0.15, 0.2) is 42.7 Å². The van der Waals surface area contributed by atoms with Crippen LogP contribution in [0.1, 0.15) is 27.2 Å². The van der Waals surface area contributed by atoms with Crippen molar-refractivity contribution in [3.05, 3.63) is 42.7 Å². The van der Waals surface area contributed by atoms with Crippen molar-refractivity contribution in [3.63, 3.8) is 0 Å². The van der Waals surface area contributed by atoms with E-state index >= 15 is 0 Å². The molecule has 2 aromatic rings. The average molecular weight is 389 g/mol. The lowest BCUT2D eigenvalue weighted by Gasteiger charge is -2.37. The number of carbonyl (C=O) groups excluding carboxylic acids is 1. The van der Waals surface area contributed by atoms with E-state index < -0.39 is 8.32 Å². The van der Waals surface area contributed by atoms with E-state index in [1.165, 1.54) is 7.11 Å². The van der Waals surface area contributed by atoms with Crippen LogP contribution in [0.2, 0.25) is 18.1 Å². The smallest absolute Gasteiger partial charge is 0.305 e. The van der Waals surface area contributed by atoms with Gasteiger partial charge in [0.15, 0.2) is 8.32 Å². The van der Waals surface area contributed by atoms with Gasteiger partial charge in [-0.1, -0.05) is 51.1 Å². The molecule has 0 saturated carbocycles. The molecule has 0 N–H and O–H groups in total. The summed E-state index contributed by atoms with van der Waals surface area (Å²) >= 11 is 0. The predicted octanol–water partition coefficient (Wildman–Crippen LogP) is 4.75. The second kappa shape index (κ2) is 8.84. The quantitative estimate of drug-likeness (QED) is 0.484. The molecule has 0 spiro atoms. The predicted molar refractivity (Wildman–Crippen MR) is 111 cm³/mol. The number of benzene rings is 1. The van der Waals surface area contributed by atoms with Crippen LogP contribution in [0.5, 0.6) is 0 Å². The molecule has 5 nitrogen and oxygen atoms in total. The standard InChI is InChI=1S/C21H32N2O3Si/c1-21(2,3)27(5,6)26-16-17(14-19(24)25-4)15-23-13-12-22-20(23)18-10-8-7-9-11-18/h7-13,17H,14-16H2,1-6H3. The normalized spacial score (nSPS) is 13.4. The summed E-state index contributed by atoms with van der Waals surface area (Å²) in [6.07, 6.45) is 4.09. The lowest BCUT2D eigenvalue weighted by Crippen LogP contribution is -2.42. The molecule has 1 heterocycles. The number of methoxy groups -OCH3 is 1. The molecule has 1 unspecified atom stereocenters. The molecule has 0 saturated heterocycles. The minimum Gasteiger partial charge on any atom is -0.469 e. The van der Waals surface area contributed by atoms with E-state index in [4.69, 9.17) is 9.16 Å². The molecular weight excluding hydrogens is 356 g/mol. The number of hydrogen-bond acceptors (Lipinski definition) is 4. The Hall–Kier alpha value is -1.92. The van der Waals surface area contributed by atoms with E-state index in [1.54, 1.807) is 6.20 Å². The third-order valence-corrected chi connectivity index (χ3v) is 9.87. The maximum Gasteiger partial charge on any atom is 0.305 e. The van der Waals surface area contributed by atoms with Crippen molar-refractivity contribution < 1.29 is 14.0 Å². The van der Waals surface area contributed by atoms with Crippen LogP contribution in [-0.4, -0.2) is 37.6 Å². The van der Waals surface area contributed by atoms with Crippen LogP contribution in [0, 0.1) is 5.92 Å². The fourth-order valence-corrected chi connectivity index (χ4v) is 3.71. The lowest BCUT2D eigenvalue weighted by atomic mass is 10.1. The molecule has 0 fully saturated rings. The zero-order valence-electron chi connectivity index (χ0n) is 17.4. The number of nitrogens with zero attached hydrogens (tertiary/aromatic N) is 2. The van der Waals surface area contributed by atoms with Gasteiger partial charge in [-0.3, -0.25) is 4.79 Å². The van der Waals surface area contributed by atoms with Crippen molar-refractivity contribution in [2.75, 3.05) is 13.7 Å². The van der Waals surface area contributed by atoms with Gasteiger partial charge in [0.1, 0.15) is 5.82 Å². The van der Waals surface area contributed by atoms with E-state index in [-0.39, 0.29) is 16.9 Å². The van der Waals surface area contributed by atoms with Gasteiger partial charge in [0.2, 0.25) is 0 Å². The van der Waals surface area contributed by atoms with E-state index in [0.717, 1.165) is 11.4 Å². The van der Waals surface area contributed by atoms with Crippen molar-refractivity contribution in [1.29, 1.82) is 0 Å². The van der Waals surface area contributed by atoms with Gasteiger partial charge in [0.05, 0.1) is 13.5 Å². The van der Waals surface area contributed by atoms with E-state index in [1.807, 2.05) is 36.5 Å². The molecule has 2 rings (SSSR count). The zero-order chi connectivity index (χ0) is 20.1. The summed E-state index contributed by atoms with van der Waals surface area (Å²) in [4.78, 5) is 16.4. The second-order valence-electron chi connectivity index (χ2n) is 8.49. The summed E-state index contributed by atoms with van der Waals surface area (Å²) in [6.45, 7) is 12.3. The summed E-state index contributed by atoms with van der Waals surface area (Å²) in [7, 11) is -0.453. The van der Waals surface area contributed by atoms with Crippen LogP contribution in [0.3, 0.4) is 0 Å². The lowest BCUT2D eigenvalue weighted by molar-refractivity contribution is -0.142. The number of imidazole rings is 1. The fourth-order valence-electron chi connectivity index (χ4n) is 2.62. The Balaban J connectivity index is 2.16. The Morgan fingerprint density at radius 3 is 2.48 bits per heavy atom. The van der Waals surface area contributed by atoms with Crippen LogP contribution in [0.4, 0.5) is 0 Å². The maximum absolute atomic E-state index is 11.9. The molecule has 0 amide bonds. The van der Waals surface area contributed by atoms with Crippen molar-refractivity contribution in [2.24, 2.45) is 5.92 Å². The number of aromatic nitrogens is 2.